The van der Waals surface area contributed by atoms with Crippen molar-refractivity contribution in [3.8, 4) is 0 Å². The summed E-state index contributed by atoms with van der Waals surface area (Å²) in [6.07, 6.45) is 0.689. The molecule has 20 heavy (non-hydrogen) atoms. The van der Waals surface area contributed by atoms with E-state index in [4.69, 9.17) is 4.52 Å². The van der Waals surface area contributed by atoms with Crippen molar-refractivity contribution in [2.45, 2.75) is 32.9 Å². The SMILES string of the molecule is Cc1noc(NC(=O)C2Cc3ccccc3CN2)c1C. The lowest BCUT2D eigenvalue weighted by molar-refractivity contribution is -0.118. The van der Waals surface area contributed by atoms with Crippen molar-refractivity contribution >= 4 is 11.8 Å². The summed E-state index contributed by atoms with van der Waals surface area (Å²) < 4.78 is 5.12. The molecule has 0 saturated heterocycles. The van der Waals surface area contributed by atoms with Crippen molar-refractivity contribution < 1.29 is 9.32 Å². The van der Waals surface area contributed by atoms with Gasteiger partial charge < -0.3 is 9.84 Å². The van der Waals surface area contributed by atoms with Gasteiger partial charge in [-0.2, -0.15) is 0 Å². The van der Waals surface area contributed by atoms with E-state index < -0.39 is 0 Å². The van der Waals surface area contributed by atoms with Crippen LogP contribution in [0.3, 0.4) is 0 Å². The number of amides is 1. The third kappa shape index (κ3) is 2.32. The van der Waals surface area contributed by atoms with Crippen LogP contribution in [0, 0.1) is 13.8 Å². The Morgan fingerprint density at radius 1 is 1.35 bits per heavy atom. The molecule has 0 fully saturated rings. The van der Waals surface area contributed by atoms with Crippen LogP contribution in [0.4, 0.5) is 5.88 Å². The standard InChI is InChI=1S/C15H17N3O2/c1-9-10(2)18-20-15(9)17-14(19)13-7-11-5-3-4-6-12(11)8-16-13/h3-6,13,16H,7-8H2,1-2H3,(H,17,19). The molecule has 0 radical (unpaired) electrons. The van der Waals surface area contributed by atoms with E-state index in [-0.39, 0.29) is 11.9 Å². The van der Waals surface area contributed by atoms with Gasteiger partial charge in [-0.25, -0.2) is 0 Å². The average Bonchev–Trinajstić information content (AvgIpc) is 2.78. The minimum Gasteiger partial charge on any atom is -0.338 e. The van der Waals surface area contributed by atoms with Crippen molar-refractivity contribution in [2.75, 3.05) is 5.32 Å². The maximum atomic E-state index is 12.3. The van der Waals surface area contributed by atoms with Crippen LogP contribution in [0.2, 0.25) is 0 Å². The normalized spacial score (nSPS) is 17.6. The first-order valence-corrected chi connectivity index (χ1v) is 6.69. The largest absolute Gasteiger partial charge is 0.338 e. The van der Waals surface area contributed by atoms with Gasteiger partial charge in [0.2, 0.25) is 11.8 Å². The van der Waals surface area contributed by atoms with Gasteiger partial charge in [0.05, 0.1) is 11.7 Å². The van der Waals surface area contributed by atoms with Gasteiger partial charge in [-0.05, 0) is 31.4 Å². The molecule has 1 atom stereocenters. The molecule has 0 aliphatic carbocycles. The Labute approximate surface area is 117 Å². The van der Waals surface area contributed by atoms with Crippen LogP contribution in [0.1, 0.15) is 22.4 Å². The zero-order chi connectivity index (χ0) is 14.1. The molecule has 5 heteroatoms. The van der Waals surface area contributed by atoms with Gasteiger partial charge in [-0.3, -0.25) is 10.1 Å². The fourth-order valence-corrected chi connectivity index (χ4v) is 2.37. The molecular formula is C15H17N3O2. The van der Waals surface area contributed by atoms with E-state index in [0.29, 0.717) is 18.8 Å². The summed E-state index contributed by atoms with van der Waals surface area (Å²) >= 11 is 0. The molecule has 1 aromatic carbocycles. The maximum absolute atomic E-state index is 12.3. The number of nitrogens with zero attached hydrogens (tertiary/aromatic N) is 1. The Balaban J connectivity index is 1.72. The van der Waals surface area contributed by atoms with E-state index in [1.807, 2.05) is 26.0 Å². The third-order valence-electron chi connectivity index (χ3n) is 3.79. The Morgan fingerprint density at radius 3 is 2.80 bits per heavy atom. The Bertz CT molecular complexity index is 648. The maximum Gasteiger partial charge on any atom is 0.244 e. The summed E-state index contributed by atoms with van der Waals surface area (Å²) in [5, 5.41) is 9.89. The Hall–Kier alpha value is -2.14. The van der Waals surface area contributed by atoms with Crippen molar-refractivity contribution in [3.05, 3.63) is 46.6 Å². The van der Waals surface area contributed by atoms with Gasteiger partial charge in [-0.1, -0.05) is 29.4 Å². The fraction of sp³-hybridized carbons (Fsp3) is 0.333. The predicted molar refractivity (Wildman–Crippen MR) is 75.4 cm³/mol. The molecule has 3 rings (SSSR count). The van der Waals surface area contributed by atoms with Crippen LogP contribution < -0.4 is 10.6 Å². The summed E-state index contributed by atoms with van der Waals surface area (Å²) in [4.78, 5) is 12.3. The number of fused-ring (bicyclic) bond motifs is 1. The number of carbonyl (C=O) groups is 1. The zero-order valence-electron chi connectivity index (χ0n) is 11.6. The topological polar surface area (TPSA) is 67.2 Å². The third-order valence-corrected chi connectivity index (χ3v) is 3.79. The molecule has 2 N–H and O–H groups in total. The molecule has 2 aromatic rings. The van der Waals surface area contributed by atoms with Crippen LogP contribution in [0.25, 0.3) is 0 Å². The number of benzene rings is 1. The molecule has 1 aliphatic heterocycles. The lowest BCUT2D eigenvalue weighted by Gasteiger charge is -2.24. The van der Waals surface area contributed by atoms with Gasteiger partial charge in [-0.15, -0.1) is 0 Å². The molecule has 1 aromatic heterocycles. The molecular weight excluding hydrogens is 254 g/mol. The number of rotatable bonds is 2. The number of hydrogen-bond donors (Lipinski definition) is 2. The summed E-state index contributed by atoms with van der Waals surface area (Å²) in [7, 11) is 0. The van der Waals surface area contributed by atoms with Crippen molar-refractivity contribution in [1.29, 1.82) is 0 Å². The second-order valence-electron chi connectivity index (χ2n) is 5.12. The number of hydrogen-bond acceptors (Lipinski definition) is 4. The fourth-order valence-electron chi connectivity index (χ4n) is 2.37. The van der Waals surface area contributed by atoms with Crippen molar-refractivity contribution in [2.24, 2.45) is 0 Å². The Morgan fingerprint density at radius 2 is 2.10 bits per heavy atom. The molecule has 0 bridgehead atoms. The number of aryl methyl sites for hydroxylation is 1. The number of carbonyl (C=O) groups excluding carboxylic acids is 1. The highest BCUT2D eigenvalue weighted by molar-refractivity contribution is 5.94. The van der Waals surface area contributed by atoms with E-state index in [1.165, 1.54) is 11.1 Å². The van der Waals surface area contributed by atoms with Gasteiger partial charge in [0.25, 0.3) is 0 Å². The van der Waals surface area contributed by atoms with Gasteiger partial charge in [0.15, 0.2) is 0 Å². The quantitative estimate of drug-likeness (QED) is 0.876. The van der Waals surface area contributed by atoms with E-state index >= 15 is 0 Å². The van der Waals surface area contributed by atoms with Gasteiger partial charge in [0.1, 0.15) is 0 Å². The zero-order valence-corrected chi connectivity index (χ0v) is 11.6. The van der Waals surface area contributed by atoms with Crippen LogP contribution in [0.15, 0.2) is 28.8 Å². The molecule has 1 amide bonds. The van der Waals surface area contributed by atoms with Gasteiger partial charge >= 0.3 is 0 Å². The summed E-state index contributed by atoms with van der Waals surface area (Å²) in [6.45, 7) is 4.44. The highest BCUT2D eigenvalue weighted by Gasteiger charge is 2.25. The number of anilines is 1. The average molecular weight is 271 g/mol. The first-order valence-electron chi connectivity index (χ1n) is 6.69. The van der Waals surface area contributed by atoms with Crippen LogP contribution >= 0.6 is 0 Å². The Kier molecular flexibility index (Phi) is 3.28. The first kappa shape index (κ1) is 12.9. The summed E-state index contributed by atoms with van der Waals surface area (Å²) in [5.41, 5.74) is 4.14. The van der Waals surface area contributed by atoms with E-state index in [1.54, 1.807) is 0 Å². The monoisotopic (exact) mass is 271 g/mol. The van der Waals surface area contributed by atoms with E-state index in [2.05, 4.69) is 27.9 Å². The van der Waals surface area contributed by atoms with Crippen LogP contribution in [0.5, 0.6) is 0 Å². The molecule has 0 saturated carbocycles. The van der Waals surface area contributed by atoms with E-state index in [9.17, 15) is 4.79 Å². The molecule has 0 spiro atoms. The van der Waals surface area contributed by atoms with Gasteiger partial charge in [0, 0.05) is 12.1 Å². The first-order chi connectivity index (χ1) is 9.65. The molecule has 5 nitrogen and oxygen atoms in total. The smallest absolute Gasteiger partial charge is 0.244 e. The van der Waals surface area contributed by atoms with Crippen LogP contribution in [-0.4, -0.2) is 17.1 Å². The van der Waals surface area contributed by atoms with Crippen molar-refractivity contribution in [1.82, 2.24) is 10.5 Å². The minimum absolute atomic E-state index is 0.0845. The van der Waals surface area contributed by atoms with Crippen molar-refractivity contribution in [3.63, 3.8) is 0 Å². The highest BCUT2D eigenvalue weighted by atomic mass is 16.5. The lowest BCUT2D eigenvalue weighted by Crippen LogP contribution is -2.44. The molecule has 1 aliphatic rings. The summed E-state index contributed by atoms with van der Waals surface area (Å²) in [6, 6.07) is 7.93. The van der Waals surface area contributed by atoms with E-state index in [0.717, 1.165) is 11.3 Å². The number of nitrogens with one attached hydrogen (secondary N) is 2. The number of aromatic nitrogens is 1. The molecule has 104 valence electrons. The summed E-state index contributed by atoms with van der Waals surface area (Å²) in [5.74, 6) is 0.354. The molecule has 1 unspecified atom stereocenters. The van der Waals surface area contributed by atoms with Crippen LogP contribution in [-0.2, 0) is 17.8 Å². The second-order valence-corrected chi connectivity index (χ2v) is 5.12. The lowest BCUT2D eigenvalue weighted by atomic mass is 9.95. The second kappa shape index (κ2) is 5.09. The molecule has 2 heterocycles. The predicted octanol–water partition coefficient (Wildman–Crippen LogP) is 1.94. The minimum atomic E-state index is -0.241. The highest BCUT2D eigenvalue weighted by Crippen LogP contribution is 2.20.